The van der Waals surface area contributed by atoms with Crippen LogP contribution in [0.4, 0.5) is 0 Å². The van der Waals surface area contributed by atoms with E-state index in [1.54, 1.807) is 0 Å². The average molecular weight is 242 g/mol. The van der Waals surface area contributed by atoms with E-state index in [1.165, 1.54) is 16.8 Å². The normalized spacial score (nSPS) is 28.5. The van der Waals surface area contributed by atoms with Crippen LogP contribution in [-0.2, 0) is 4.74 Å². The molecule has 1 fully saturated rings. The fraction of sp³-hybridized carbons (Fsp3) is 0.600. The van der Waals surface area contributed by atoms with Crippen molar-refractivity contribution in [3.63, 3.8) is 0 Å². The van der Waals surface area contributed by atoms with E-state index in [4.69, 9.17) is 14.9 Å². The first-order valence-electron chi connectivity index (χ1n) is 5.34. The van der Waals surface area contributed by atoms with E-state index in [1.807, 2.05) is 0 Å². The smallest absolute Gasteiger partial charge is 0.330 e. The van der Waals surface area contributed by atoms with Gasteiger partial charge in [0.05, 0.1) is 12.7 Å². The van der Waals surface area contributed by atoms with Crippen LogP contribution in [-0.4, -0.2) is 39.1 Å². The zero-order valence-electron chi connectivity index (χ0n) is 9.07. The Balaban J connectivity index is 2.25. The number of aromatic amines is 1. The van der Waals surface area contributed by atoms with Gasteiger partial charge in [-0.15, -0.1) is 0 Å². The van der Waals surface area contributed by atoms with Crippen LogP contribution in [0, 0.1) is 5.92 Å². The number of aliphatic hydroxyl groups is 2. The summed E-state index contributed by atoms with van der Waals surface area (Å²) < 4.78 is 6.70. The Morgan fingerprint density at radius 1 is 1.41 bits per heavy atom. The zero-order valence-corrected chi connectivity index (χ0v) is 9.07. The standard InChI is InChI=1S/C10H14N2O5/c13-4-6-3-9(17-7(6)5-14)12-2-1-8(15)11-10(12)16/h1-2,6-7,9,13-14H,3-5H2,(H,11,15,16)/t6-,7-,9?/m1/s1. The Hall–Kier alpha value is -1.44. The zero-order chi connectivity index (χ0) is 12.4. The van der Waals surface area contributed by atoms with Crippen molar-refractivity contribution in [3.05, 3.63) is 33.1 Å². The number of hydrogen-bond donors (Lipinski definition) is 3. The van der Waals surface area contributed by atoms with E-state index >= 15 is 0 Å². The second-order valence-corrected chi connectivity index (χ2v) is 4.01. The van der Waals surface area contributed by atoms with Crippen molar-refractivity contribution in [1.29, 1.82) is 0 Å². The summed E-state index contributed by atoms with van der Waals surface area (Å²) in [5.41, 5.74) is -1.03. The van der Waals surface area contributed by atoms with Gasteiger partial charge in [-0.25, -0.2) is 4.79 Å². The van der Waals surface area contributed by atoms with Crippen LogP contribution in [0.5, 0.6) is 0 Å². The molecule has 0 aliphatic carbocycles. The molecule has 1 aliphatic rings. The number of rotatable bonds is 3. The summed E-state index contributed by atoms with van der Waals surface area (Å²) in [7, 11) is 0. The number of aromatic nitrogens is 2. The number of nitrogens with one attached hydrogen (secondary N) is 1. The Morgan fingerprint density at radius 2 is 2.18 bits per heavy atom. The topological polar surface area (TPSA) is 105 Å². The van der Waals surface area contributed by atoms with Crippen LogP contribution in [0.1, 0.15) is 12.6 Å². The van der Waals surface area contributed by atoms with Crippen molar-refractivity contribution in [2.75, 3.05) is 13.2 Å². The van der Waals surface area contributed by atoms with Gasteiger partial charge in [0.25, 0.3) is 5.56 Å². The van der Waals surface area contributed by atoms with Crippen LogP contribution < -0.4 is 11.2 Å². The third kappa shape index (κ3) is 2.31. The second kappa shape index (κ2) is 4.82. The molecule has 0 spiro atoms. The first-order valence-corrected chi connectivity index (χ1v) is 5.34. The van der Waals surface area contributed by atoms with E-state index < -0.39 is 23.6 Å². The van der Waals surface area contributed by atoms with Gasteiger partial charge in [0.1, 0.15) is 6.23 Å². The number of hydrogen-bond acceptors (Lipinski definition) is 5. The number of nitrogens with zero attached hydrogens (tertiary/aromatic N) is 1. The maximum Gasteiger partial charge on any atom is 0.330 e. The number of ether oxygens (including phenoxy) is 1. The van der Waals surface area contributed by atoms with E-state index in [9.17, 15) is 9.59 Å². The third-order valence-corrected chi connectivity index (χ3v) is 2.94. The molecule has 17 heavy (non-hydrogen) atoms. The predicted molar refractivity (Wildman–Crippen MR) is 57.5 cm³/mol. The summed E-state index contributed by atoms with van der Waals surface area (Å²) in [6.45, 7) is -0.320. The molecule has 3 atom stereocenters. The Morgan fingerprint density at radius 3 is 2.71 bits per heavy atom. The lowest BCUT2D eigenvalue weighted by atomic mass is 10.0. The van der Waals surface area contributed by atoms with E-state index in [0.29, 0.717) is 6.42 Å². The van der Waals surface area contributed by atoms with Crippen LogP contribution >= 0.6 is 0 Å². The Bertz CT molecular complexity index is 482. The predicted octanol–water partition coefficient (Wildman–Crippen LogP) is -1.58. The summed E-state index contributed by atoms with van der Waals surface area (Å²) in [5.74, 6) is -0.205. The van der Waals surface area contributed by atoms with Crippen molar-refractivity contribution in [1.82, 2.24) is 9.55 Å². The molecule has 1 aromatic rings. The molecule has 0 saturated carbocycles. The van der Waals surface area contributed by atoms with Crippen LogP contribution in [0.15, 0.2) is 21.9 Å². The lowest BCUT2D eigenvalue weighted by Gasteiger charge is -2.14. The van der Waals surface area contributed by atoms with Gasteiger partial charge in [0.15, 0.2) is 0 Å². The van der Waals surface area contributed by atoms with Gasteiger partial charge in [0.2, 0.25) is 0 Å². The molecule has 2 heterocycles. The fourth-order valence-electron chi connectivity index (χ4n) is 2.00. The van der Waals surface area contributed by atoms with Gasteiger partial charge in [0, 0.05) is 31.2 Å². The highest BCUT2D eigenvalue weighted by Gasteiger charge is 2.35. The molecule has 1 unspecified atom stereocenters. The fourth-order valence-corrected chi connectivity index (χ4v) is 2.00. The van der Waals surface area contributed by atoms with E-state index in [2.05, 4.69) is 4.98 Å². The molecule has 1 aliphatic heterocycles. The van der Waals surface area contributed by atoms with E-state index in [-0.39, 0.29) is 19.1 Å². The van der Waals surface area contributed by atoms with Gasteiger partial charge in [-0.05, 0) is 0 Å². The minimum absolute atomic E-state index is 0.111. The first-order chi connectivity index (χ1) is 8.15. The van der Waals surface area contributed by atoms with Gasteiger partial charge < -0.3 is 14.9 Å². The van der Waals surface area contributed by atoms with E-state index in [0.717, 1.165) is 0 Å². The molecule has 1 saturated heterocycles. The minimum Gasteiger partial charge on any atom is -0.396 e. The lowest BCUT2D eigenvalue weighted by molar-refractivity contribution is -0.0366. The highest BCUT2D eigenvalue weighted by atomic mass is 16.5. The summed E-state index contributed by atoms with van der Waals surface area (Å²) in [4.78, 5) is 24.6. The molecule has 0 aromatic carbocycles. The van der Waals surface area contributed by atoms with Crippen molar-refractivity contribution in [2.45, 2.75) is 18.8 Å². The molecule has 0 amide bonds. The van der Waals surface area contributed by atoms with Gasteiger partial charge in [-0.3, -0.25) is 14.3 Å². The molecular formula is C10H14N2O5. The molecule has 1 aromatic heterocycles. The lowest BCUT2D eigenvalue weighted by Crippen LogP contribution is -2.31. The number of H-pyrrole nitrogens is 1. The molecule has 0 bridgehead atoms. The highest BCUT2D eigenvalue weighted by Crippen LogP contribution is 2.31. The number of aliphatic hydroxyl groups excluding tert-OH is 2. The summed E-state index contributed by atoms with van der Waals surface area (Å²) in [6, 6.07) is 1.23. The first kappa shape index (κ1) is 12.0. The van der Waals surface area contributed by atoms with Crippen molar-refractivity contribution < 1.29 is 14.9 Å². The Labute approximate surface area is 96.3 Å². The molecule has 0 radical (unpaired) electrons. The highest BCUT2D eigenvalue weighted by molar-refractivity contribution is 4.88. The SMILES string of the molecule is O=c1ccn(C2C[C@H](CO)[C@@H](CO)O2)c(=O)[nH]1. The van der Waals surface area contributed by atoms with Crippen LogP contribution in [0.2, 0.25) is 0 Å². The molecular weight excluding hydrogens is 228 g/mol. The Kier molecular flexibility index (Phi) is 3.41. The summed E-state index contributed by atoms with van der Waals surface area (Å²) in [5, 5.41) is 18.2. The summed E-state index contributed by atoms with van der Waals surface area (Å²) in [6.07, 6.45) is 0.728. The quantitative estimate of drug-likeness (QED) is 0.593. The van der Waals surface area contributed by atoms with Crippen molar-refractivity contribution in [3.8, 4) is 0 Å². The molecule has 3 N–H and O–H groups in total. The maximum absolute atomic E-state index is 11.5. The summed E-state index contributed by atoms with van der Waals surface area (Å²) >= 11 is 0. The largest absolute Gasteiger partial charge is 0.396 e. The van der Waals surface area contributed by atoms with Gasteiger partial charge in [-0.2, -0.15) is 0 Å². The van der Waals surface area contributed by atoms with Gasteiger partial charge in [-0.1, -0.05) is 0 Å². The van der Waals surface area contributed by atoms with Crippen LogP contribution in [0.3, 0.4) is 0 Å². The minimum atomic E-state index is -0.561. The third-order valence-electron chi connectivity index (χ3n) is 2.94. The van der Waals surface area contributed by atoms with Gasteiger partial charge >= 0.3 is 5.69 Å². The van der Waals surface area contributed by atoms with Crippen molar-refractivity contribution in [2.24, 2.45) is 5.92 Å². The average Bonchev–Trinajstić information content (AvgIpc) is 2.72. The monoisotopic (exact) mass is 242 g/mol. The second-order valence-electron chi connectivity index (χ2n) is 4.01. The maximum atomic E-state index is 11.5. The molecule has 2 rings (SSSR count). The molecule has 7 heteroatoms. The molecule has 94 valence electrons. The molecule has 7 nitrogen and oxygen atoms in total. The van der Waals surface area contributed by atoms with Crippen molar-refractivity contribution >= 4 is 0 Å². The van der Waals surface area contributed by atoms with Crippen LogP contribution in [0.25, 0.3) is 0 Å².